The number of aliphatic hydroxyl groups is 3. The van der Waals surface area contributed by atoms with Crippen molar-refractivity contribution in [2.75, 3.05) is 7.11 Å². The first kappa shape index (κ1) is 28.9. The predicted molar refractivity (Wildman–Crippen MR) is 142 cm³/mol. The van der Waals surface area contributed by atoms with E-state index in [0.29, 0.717) is 5.56 Å². The van der Waals surface area contributed by atoms with E-state index < -0.39 is 98.8 Å². The Kier molecular flexibility index (Phi) is 5.17. The van der Waals surface area contributed by atoms with Crippen molar-refractivity contribution in [3.63, 3.8) is 0 Å². The summed E-state index contributed by atoms with van der Waals surface area (Å²) in [6, 6.07) is 1.65. The molecule has 4 saturated carbocycles. The molecule has 7 aliphatic rings. The van der Waals surface area contributed by atoms with Gasteiger partial charge in [0, 0.05) is 49.0 Å². The number of esters is 3. The van der Waals surface area contributed by atoms with E-state index in [1.807, 2.05) is 6.92 Å². The maximum absolute atomic E-state index is 13.5. The molecule has 4 aliphatic carbocycles. The first-order valence-electron chi connectivity index (χ1n) is 15.1. The molecule has 4 bridgehead atoms. The number of aliphatic hydroxyl groups excluding tert-OH is 2. The van der Waals surface area contributed by atoms with Crippen LogP contribution in [0.3, 0.4) is 0 Å². The van der Waals surface area contributed by atoms with Crippen molar-refractivity contribution in [1.82, 2.24) is 0 Å². The highest BCUT2D eigenvalue weighted by atomic mass is 16.9. The highest BCUT2D eigenvalue weighted by Gasteiger charge is 3.03. The molecular formula is C31H38O13. The topological polar surface area (TPSA) is 180 Å². The van der Waals surface area contributed by atoms with E-state index in [-0.39, 0.29) is 25.7 Å². The summed E-state index contributed by atoms with van der Waals surface area (Å²) in [5.41, 5.74) is -10.7. The molecule has 1 aromatic heterocycles. The summed E-state index contributed by atoms with van der Waals surface area (Å²) in [7, 11) is 1.27. The molecule has 2 unspecified atom stereocenters. The summed E-state index contributed by atoms with van der Waals surface area (Å²) in [5, 5.41) is 37.6. The summed E-state index contributed by atoms with van der Waals surface area (Å²) in [5.74, 6) is -5.28. The Morgan fingerprint density at radius 1 is 1.07 bits per heavy atom. The van der Waals surface area contributed by atoms with E-state index in [0.717, 1.165) is 0 Å². The minimum Gasteiger partial charge on any atom is -0.472 e. The molecule has 0 radical (unpaired) electrons. The second-order valence-corrected chi connectivity index (χ2v) is 14.8. The van der Waals surface area contributed by atoms with Crippen molar-refractivity contribution in [2.45, 2.75) is 113 Å². The molecular weight excluding hydrogens is 580 g/mol. The van der Waals surface area contributed by atoms with Crippen LogP contribution in [0.4, 0.5) is 0 Å². The lowest BCUT2D eigenvalue weighted by Gasteiger charge is -2.77. The Hall–Kier alpha value is -2.55. The van der Waals surface area contributed by atoms with Gasteiger partial charge in [0.15, 0.2) is 0 Å². The average Bonchev–Trinajstić information content (AvgIpc) is 3.64. The van der Waals surface area contributed by atoms with Crippen molar-refractivity contribution in [1.29, 1.82) is 0 Å². The summed E-state index contributed by atoms with van der Waals surface area (Å²) in [6.07, 6.45) is -2.91. The number of cyclic esters (lactones) is 1. The van der Waals surface area contributed by atoms with Gasteiger partial charge in [-0.25, -0.2) is 0 Å². The maximum atomic E-state index is 13.5. The Morgan fingerprint density at radius 2 is 1.77 bits per heavy atom. The predicted octanol–water partition coefficient (Wildman–Crippen LogP) is 1.27. The Labute approximate surface area is 253 Å². The minimum atomic E-state index is -2.30. The Morgan fingerprint density at radius 3 is 2.41 bits per heavy atom. The largest absolute Gasteiger partial charge is 0.472 e. The Balaban J connectivity index is 1.45. The van der Waals surface area contributed by atoms with Gasteiger partial charge in [0.25, 0.3) is 5.97 Å². The third kappa shape index (κ3) is 2.54. The lowest BCUT2D eigenvalue weighted by molar-refractivity contribution is -0.481. The molecule has 3 N–H and O–H groups in total. The van der Waals surface area contributed by atoms with E-state index >= 15 is 0 Å². The van der Waals surface area contributed by atoms with Gasteiger partial charge in [-0.2, -0.15) is 0 Å². The lowest BCUT2D eigenvalue weighted by Crippen LogP contribution is -2.94. The molecule has 3 saturated heterocycles. The molecule has 7 fully saturated rings. The number of furan rings is 1. The molecule has 14 atom stereocenters. The summed E-state index contributed by atoms with van der Waals surface area (Å²) >= 11 is 0. The van der Waals surface area contributed by atoms with E-state index in [1.54, 1.807) is 26.8 Å². The SMILES string of the molecule is COC(=O)C[C@H]1[C@@]2(C)CC34OC5(C)O[C@]6([C@@H]7CC(=O)O[C@@H](c8ccoc8)[C@]7(C)[C@@H](OC(C)=O)C[C@]6(O5)[C@]13C)[C@H](O)[C@@]4(O)[C@H]2O. The molecule has 0 amide bonds. The number of ether oxygens (including phenoxy) is 6. The molecule has 0 aromatic carbocycles. The van der Waals surface area contributed by atoms with Crippen molar-refractivity contribution in [3.05, 3.63) is 24.2 Å². The van der Waals surface area contributed by atoms with Crippen LogP contribution in [0.15, 0.2) is 23.0 Å². The van der Waals surface area contributed by atoms with E-state index in [9.17, 15) is 29.7 Å². The first-order chi connectivity index (χ1) is 20.5. The summed E-state index contributed by atoms with van der Waals surface area (Å²) < 4.78 is 42.9. The van der Waals surface area contributed by atoms with Crippen LogP contribution in [0.1, 0.15) is 72.0 Å². The normalized spacial score (nSPS) is 57.4. The number of rotatable bonds is 4. The number of methoxy groups -OCH3 is 1. The third-order valence-corrected chi connectivity index (χ3v) is 13.4. The van der Waals surface area contributed by atoms with Crippen LogP contribution in [0, 0.1) is 28.1 Å². The van der Waals surface area contributed by atoms with E-state index in [1.165, 1.54) is 26.6 Å². The standard InChI is InChI=1S/C31H38O13/c1-14(32)40-18-11-28-26(4)16(9-19(33)38-6)24(2)13-29(26)30(37,22(24)35)23(36)31(28,44-27(5,42-28)43-29)17-10-20(34)41-21(25(17,18)3)15-7-8-39-12-15/h7-8,12,16-18,21-23,35-37H,9-11,13H2,1-6H3/t16-,17+,18-,21-,22-,23+,24+,25-,26-,27?,28-,29?,30-,31+/m0/s1. The van der Waals surface area contributed by atoms with E-state index in [4.69, 9.17) is 32.8 Å². The second kappa shape index (κ2) is 7.87. The van der Waals surface area contributed by atoms with Crippen LogP contribution in [0.2, 0.25) is 0 Å². The number of fused-ring (bicyclic) bond motifs is 3. The zero-order valence-electron chi connectivity index (χ0n) is 25.4. The minimum absolute atomic E-state index is 0.0559. The Bertz CT molecular complexity index is 1490. The van der Waals surface area contributed by atoms with Gasteiger partial charge in [-0.1, -0.05) is 20.8 Å². The van der Waals surface area contributed by atoms with Crippen molar-refractivity contribution >= 4 is 17.9 Å². The zero-order chi connectivity index (χ0) is 31.7. The number of carbonyl (C=O) groups excluding carboxylic acids is 3. The number of hydrogen-bond acceptors (Lipinski definition) is 13. The fourth-order valence-electron chi connectivity index (χ4n) is 12.1. The van der Waals surface area contributed by atoms with Gasteiger partial charge in [0.05, 0.1) is 37.6 Å². The molecule has 2 spiro atoms. The zero-order valence-corrected chi connectivity index (χ0v) is 25.4. The molecule has 8 rings (SSSR count). The van der Waals surface area contributed by atoms with Crippen LogP contribution >= 0.6 is 0 Å². The summed E-state index contributed by atoms with van der Waals surface area (Å²) in [4.78, 5) is 39.3. The van der Waals surface area contributed by atoms with E-state index in [2.05, 4.69) is 0 Å². The molecule has 13 nitrogen and oxygen atoms in total. The van der Waals surface area contributed by atoms with Crippen LogP contribution < -0.4 is 0 Å². The monoisotopic (exact) mass is 618 g/mol. The van der Waals surface area contributed by atoms with Crippen LogP contribution in [0.25, 0.3) is 0 Å². The first-order valence-corrected chi connectivity index (χ1v) is 15.1. The highest BCUT2D eigenvalue weighted by molar-refractivity contribution is 5.73. The fourth-order valence-corrected chi connectivity index (χ4v) is 12.1. The quantitative estimate of drug-likeness (QED) is 0.325. The van der Waals surface area contributed by atoms with Crippen LogP contribution in [0.5, 0.6) is 0 Å². The van der Waals surface area contributed by atoms with Gasteiger partial charge in [-0.15, -0.1) is 0 Å². The highest BCUT2D eigenvalue weighted by Crippen LogP contribution is 2.89. The smallest absolute Gasteiger partial charge is 0.306 e. The fraction of sp³-hybridized carbons (Fsp3) is 0.774. The second-order valence-electron chi connectivity index (χ2n) is 14.8. The van der Waals surface area contributed by atoms with Crippen molar-refractivity contribution < 1.29 is 62.5 Å². The number of hydrogen-bond donors (Lipinski definition) is 3. The van der Waals surface area contributed by atoms with Crippen molar-refractivity contribution in [3.8, 4) is 0 Å². The van der Waals surface area contributed by atoms with Gasteiger partial charge in [-0.05, 0) is 18.4 Å². The number of carbonyl (C=O) groups is 3. The lowest BCUT2D eigenvalue weighted by atomic mass is 9.33. The third-order valence-electron chi connectivity index (χ3n) is 13.4. The average molecular weight is 619 g/mol. The van der Waals surface area contributed by atoms with Gasteiger partial charge < -0.3 is 48.2 Å². The molecule has 44 heavy (non-hydrogen) atoms. The molecule has 1 aromatic rings. The maximum Gasteiger partial charge on any atom is 0.306 e. The molecule has 3 aliphatic heterocycles. The van der Waals surface area contributed by atoms with Gasteiger partial charge in [0.2, 0.25) is 0 Å². The molecule has 240 valence electrons. The van der Waals surface area contributed by atoms with Crippen LogP contribution in [-0.4, -0.2) is 87.0 Å². The molecule has 4 heterocycles. The van der Waals surface area contributed by atoms with Gasteiger partial charge in [0.1, 0.15) is 40.7 Å². The molecule has 13 heteroatoms. The van der Waals surface area contributed by atoms with Gasteiger partial charge >= 0.3 is 17.9 Å². The van der Waals surface area contributed by atoms with Crippen molar-refractivity contribution in [2.24, 2.45) is 28.1 Å². The van der Waals surface area contributed by atoms with Crippen LogP contribution in [-0.2, 0) is 42.8 Å². The van der Waals surface area contributed by atoms with Gasteiger partial charge in [-0.3, -0.25) is 14.4 Å². The summed E-state index contributed by atoms with van der Waals surface area (Å²) in [6.45, 7) is 8.24.